The van der Waals surface area contributed by atoms with Gasteiger partial charge in [-0.1, -0.05) is 29.8 Å². The van der Waals surface area contributed by atoms with Gasteiger partial charge in [-0.15, -0.1) is 0 Å². The standard InChI is InChI=1S/C14H13ClN2O/c1-10(13-7-2-3-8-14(13)18)16-17-12-6-4-5-11(15)9-12/h2-9,17-18H,1H3/b16-10+. The van der Waals surface area contributed by atoms with E-state index in [9.17, 15) is 5.11 Å². The molecule has 0 aliphatic heterocycles. The Kier molecular flexibility index (Phi) is 3.85. The molecular formula is C14H13ClN2O. The van der Waals surface area contributed by atoms with Crippen molar-refractivity contribution in [2.45, 2.75) is 6.92 Å². The van der Waals surface area contributed by atoms with E-state index < -0.39 is 0 Å². The largest absolute Gasteiger partial charge is 0.507 e. The number of nitrogens with one attached hydrogen (secondary N) is 1. The molecule has 2 N–H and O–H groups in total. The lowest BCUT2D eigenvalue weighted by molar-refractivity contribution is 0.474. The maximum Gasteiger partial charge on any atom is 0.124 e. The van der Waals surface area contributed by atoms with Gasteiger partial charge in [0, 0.05) is 10.6 Å². The molecule has 92 valence electrons. The molecule has 0 saturated carbocycles. The van der Waals surface area contributed by atoms with Crippen molar-refractivity contribution < 1.29 is 5.11 Å². The number of rotatable bonds is 3. The molecule has 0 heterocycles. The van der Waals surface area contributed by atoms with Crippen LogP contribution in [0.1, 0.15) is 12.5 Å². The zero-order valence-corrected chi connectivity index (χ0v) is 10.6. The first-order valence-corrected chi connectivity index (χ1v) is 5.89. The summed E-state index contributed by atoms with van der Waals surface area (Å²) >= 11 is 5.87. The summed E-state index contributed by atoms with van der Waals surface area (Å²) in [5, 5.41) is 14.6. The number of phenolic OH excluding ortho intramolecular Hbond substituents is 1. The van der Waals surface area contributed by atoms with Gasteiger partial charge in [0.2, 0.25) is 0 Å². The Morgan fingerprint density at radius 3 is 2.67 bits per heavy atom. The minimum atomic E-state index is 0.214. The number of halogens is 1. The Morgan fingerprint density at radius 1 is 1.17 bits per heavy atom. The van der Waals surface area contributed by atoms with Gasteiger partial charge in [0.15, 0.2) is 0 Å². The average Bonchev–Trinajstić information content (AvgIpc) is 2.37. The lowest BCUT2D eigenvalue weighted by Crippen LogP contribution is -1.99. The van der Waals surface area contributed by atoms with Gasteiger partial charge in [0.25, 0.3) is 0 Å². The first-order valence-electron chi connectivity index (χ1n) is 5.51. The van der Waals surface area contributed by atoms with Crippen LogP contribution in [-0.4, -0.2) is 10.8 Å². The van der Waals surface area contributed by atoms with Crippen LogP contribution in [0.2, 0.25) is 5.02 Å². The fraction of sp³-hybridized carbons (Fsp3) is 0.0714. The van der Waals surface area contributed by atoms with Gasteiger partial charge in [-0.25, -0.2) is 0 Å². The minimum Gasteiger partial charge on any atom is -0.507 e. The van der Waals surface area contributed by atoms with E-state index in [2.05, 4.69) is 10.5 Å². The van der Waals surface area contributed by atoms with Gasteiger partial charge in [-0.05, 0) is 37.3 Å². The number of para-hydroxylation sites is 1. The average molecular weight is 261 g/mol. The highest BCUT2D eigenvalue weighted by Gasteiger charge is 2.02. The van der Waals surface area contributed by atoms with Gasteiger partial charge in [-0.3, -0.25) is 5.43 Å². The zero-order valence-electron chi connectivity index (χ0n) is 9.89. The van der Waals surface area contributed by atoms with Gasteiger partial charge in [0.1, 0.15) is 5.75 Å². The summed E-state index contributed by atoms with van der Waals surface area (Å²) < 4.78 is 0. The summed E-state index contributed by atoms with van der Waals surface area (Å²) in [6.07, 6.45) is 0. The minimum absolute atomic E-state index is 0.214. The molecule has 4 heteroatoms. The van der Waals surface area contributed by atoms with Crippen molar-refractivity contribution in [3.05, 3.63) is 59.1 Å². The third kappa shape index (κ3) is 3.02. The third-order valence-electron chi connectivity index (χ3n) is 2.47. The quantitative estimate of drug-likeness (QED) is 0.650. The lowest BCUT2D eigenvalue weighted by atomic mass is 10.1. The fourth-order valence-corrected chi connectivity index (χ4v) is 1.74. The monoisotopic (exact) mass is 260 g/mol. The van der Waals surface area contributed by atoms with Gasteiger partial charge < -0.3 is 5.11 Å². The van der Waals surface area contributed by atoms with Crippen LogP contribution in [0.3, 0.4) is 0 Å². The van der Waals surface area contributed by atoms with Crippen molar-refractivity contribution in [2.75, 3.05) is 5.43 Å². The molecule has 2 aromatic rings. The Bertz CT molecular complexity index is 582. The van der Waals surface area contributed by atoms with Gasteiger partial charge in [0.05, 0.1) is 11.4 Å². The molecule has 0 spiro atoms. The van der Waals surface area contributed by atoms with E-state index in [-0.39, 0.29) is 5.75 Å². The Morgan fingerprint density at radius 2 is 1.94 bits per heavy atom. The predicted molar refractivity (Wildman–Crippen MR) is 75.4 cm³/mol. The summed E-state index contributed by atoms with van der Waals surface area (Å²) in [5.41, 5.74) is 5.11. The van der Waals surface area contributed by atoms with Crippen molar-refractivity contribution in [2.24, 2.45) is 5.10 Å². The molecule has 0 aliphatic rings. The zero-order chi connectivity index (χ0) is 13.0. The number of benzene rings is 2. The summed E-state index contributed by atoms with van der Waals surface area (Å²) in [5.74, 6) is 0.214. The smallest absolute Gasteiger partial charge is 0.124 e. The molecule has 0 saturated heterocycles. The van der Waals surface area contributed by atoms with E-state index in [4.69, 9.17) is 11.6 Å². The molecule has 0 atom stereocenters. The molecule has 0 aromatic heterocycles. The van der Waals surface area contributed by atoms with Crippen LogP contribution in [0, 0.1) is 0 Å². The SMILES string of the molecule is C/C(=N\Nc1cccc(Cl)c1)c1ccccc1O. The van der Waals surface area contributed by atoms with Gasteiger partial charge >= 0.3 is 0 Å². The molecule has 2 rings (SSSR count). The second-order valence-corrected chi connectivity index (χ2v) is 4.27. The summed E-state index contributed by atoms with van der Waals surface area (Å²) in [4.78, 5) is 0. The van der Waals surface area contributed by atoms with Crippen molar-refractivity contribution in [1.29, 1.82) is 0 Å². The van der Waals surface area contributed by atoms with Crippen LogP contribution in [0.4, 0.5) is 5.69 Å². The number of phenols is 1. The Labute approximate surface area is 111 Å². The molecule has 0 amide bonds. The molecule has 0 aliphatic carbocycles. The molecule has 18 heavy (non-hydrogen) atoms. The van der Waals surface area contributed by atoms with E-state index in [1.165, 1.54) is 0 Å². The number of aromatic hydroxyl groups is 1. The number of nitrogens with zero attached hydrogens (tertiary/aromatic N) is 1. The van der Waals surface area contributed by atoms with Crippen molar-refractivity contribution in [1.82, 2.24) is 0 Å². The van der Waals surface area contributed by atoms with E-state index in [1.54, 1.807) is 24.3 Å². The molecule has 0 unspecified atom stereocenters. The molecular weight excluding hydrogens is 248 g/mol. The van der Waals surface area contributed by atoms with Crippen molar-refractivity contribution >= 4 is 23.0 Å². The predicted octanol–water partition coefficient (Wildman–Crippen LogP) is 3.88. The van der Waals surface area contributed by atoms with Gasteiger partial charge in [-0.2, -0.15) is 5.10 Å². The highest BCUT2D eigenvalue weighted by Crippen LogP contribution is 2.18. The molecule has 2 aromatic carbocycles. The van der Waals surface area contributed by atoms with Crippen LogP contribution in [-0.2, 0) is 0 Å². The number of hydrogen-bond donors (Lipinski definition) is 2. The molecule has 0 radical (unpaired) electrons. The third-order valence-corrected chi connectivity index (χ3v) is 2.71. The first-order chi connectivity index (χ1) is 8.66. The maximum atomic E-state index is 9.69. The van der Waals surface area contributed by atoms with Crippen molar-refractivity contribution in [3.8, 4) is 5.75 Å². The Hall–Kier alpha value is -2.00. The normalized spacial score (nSPS) is 11.3. The van der Waals surface area contributed by atoms with Crippen LogP contribution in [0.25, 0.3) is 0 Å². The van der Waals surface area contributed by atoms with Crippen LogP contribution < -0.4 is 5.43 Å². The van der Waals surface area contributed by atoms with E-state index in [0.717, 1.165) is 5.69 Å². The summed E-state index contributed by atoms with van der Waals surface area (Å²) in [6, 6.07) is 14.4. The first kappa shape index (κ1) is 12.5. The molecule has 0 fully saturated rings. The van der Waals surface area contributed by atoms with Crippen molar-refractivity contribution in [3.63, 3.8) is 0 Å². The summed E-state index contributed by atoms with van der Waals surface area (Å²) in [7, 11) is 0. The van der Waals surface area contributed by atoms with Crippen LogP contribution in [0.15, 0.2) is 53.6 Å². The fourth-order valence-electron chi connectivity index (χ4n) is 1.55. The highest BCUT2D eigenvalue weighted by atomic mass is 35.5. The topological polar surface area (TPSA) is 44.6 Å². The highest BCUT2D eigenvalue weighted by molar-refractivity contribution is 6.30. The Balaban J connectivity index is 2.17. The van der Waals surface area contributed by atoms with E-state index in [1.807, 2.05) is 31.2 Å². The molecule has 0 bridgehead atoms. The van der Waals surface area contributed by atoms with E-state index in [0.29, 0.717) is 16.3 Å². The van der Waals surface area contributed by atoms with Crippen LogP contribution in [0.5, 0.6) is 5.75 Å². The van der Waals surface area contributed by atoms with E-state index >= 15 is 0 Å². The number of hydrazone groups is 1. The number of hydrogen-bond acceptors (Lipinski definition) is 3. The second-order valence-electron chi connectivity index (χ2n) is 3.84. The summed E-state index contributed by atoms with van der Waals surface area (Å²) in [6.45, 7) is 1.83. The second kappa shape index (κ2) is 5.56. The molecule has 3 nitrogen and oxygen atoms in total. The number of anilines is 1. The van der Waals surface area contributed by atoms with Crippen LogP contribution >= 0.6 is 11.6 Å². The maximum absolute atomic E-state index is 9.69. The lowest BCUT2D eigenvalue weighted by Gasteiger charge is -2.05.